The number of carbonyl (C=O) groups is 1. The first-order valence-corrected chi connectivity index (χ1v) is 8.69. The van der Waals surface area contributed by atoms with Gasteiger partial charge in [0.05, 0.1) is 15.5 Å². The summed E-state index contributed by atoms with van der Waals surface area (Å²) in [6.07, 6.45) is 2.50. The summed E-state index contributed by atoms with van der Waals surface area (Å²) in [5, 5.41) is 0.395. The number of ether oxygens (including phenoxy) is 1. The quantitative estimate of drug-likeness (QED) is 0.619. The van der Waals surface area contributed by atoms with E-state index in [4.69, 9.17) is 27.9 Å². The molecule has 0 radical (unpaired) electrons. The summed E-state index contributed by atoms with van der Waals surface area (Å²) in [6.45, 7) is -0.000162. The van der Waals surface area contributed by atoms with Gasteiger partial charge in [-0.15, -0.1) is 0 Å². The van der Waals surface area contributed by atoms with Crippen molar-refractivity contribution >= 4 is 39.0 Å². The van der Waals surface area contributed by atoms with Crippen LogP contribution in [0.15, 0.2) is 41.4 Å². The third-order valence-corrected chi connectivity index (χ3v) is 4.53. The van der Waals surface area contributed by atoms with Gasteiger partial charge >= 0.3 is 5.97 Å². The van der Waals surface area contributed by atoms with Gasteiger partial charge in [0.2, 0.25) is 0 Å². The molecule has 1 heterocycles. The van der Waals surface area contributed by atoms with E-state index in [0.717, 1.165) is 6.26 Å². The van der Waals surface area contributed by atoms with Crippen molar-refractivity contribution < 1.29 is 17.9 Å². The summed E-state index contributed by atoms with van der Waals surface area (Å²) in [4.78, 5) is 15.7. The van der Waals surface area contributed by atoms with Crippen molar-refractivity contribution in [2.24, 2.45) is 0 Å². The summed E-state index contributed by atoms with van der Waals surface area (Å²) >= 11 is 11.5. The number of sulfone groups is 1. The van der Waals surface area contributed by atoms with Crippen molar-refractivity contribution in [2.75, 3.05) is 6.26 Å². The Labute approximate surface area is 137 Å². The minimum Gasteiger partial charge on any atom is -0.457 e. The van der Waals surface area contributed by atoms with Gasteiger partial charge < -0.3 is 4.74 Å². The molecule has 0 unspecified atom stereocenters. The molecule has 116 valence electrons. The fourth-order valence-electron chi connectivity index (χ4n) is 1.64. The van der Waals surface area contributed by atoms with Gasteiger partial charge in [-0.05, 0) is 24.3 Å². The predicted molar refractivity (Wildman–Crippen MR) is 82.9 cm³/mol. The molecule has 8 heteroatoms. The second-order valence-corrected chi connectivity index (χ2v) is 7.26. The van der Waals surface area contributed by atoms with E-state index in [0.29, 0.717) is 10.7 Å². The van der Waals surface area contributed by atoms with Crippen LogP contribution < -0.4 is 0 Å². The maximum Gasteiger partial charge on any atom is 0.338 e. The third-order valence-electron chi connectivity index (χ3n) is 2.72. The standard InChI is InChI=1S/C14H11Cl2NO4S/c1-22(19,20)12-6-10(3-4-11(12)15)14(18)21-8-9-2-5-13(16)17-7-9/h2-7H,8H2,1H3. The lowest BCUT2D eigenvalue weighted by molar-refractivity contribution is 0.0472. The van der Waals surface area contributed by atoms with Crippen LogP contribution >= 0.6 is 23.2 Å². The fraction of sp³-hybridized carbons (Fsp3) is 0.143. The van der Waals surface area contributed by atoms with E-state index in [9.17, 15) is 13.2 Å². The minimum atomic E-state index is -3.53. The smallest absolute Gasteiger partial charge is 0.338 e. The molecule has 0 N–H and O–H groups in total. The Morgan fingerprint density at radius 2 is 1.95 bits per heavy atom. The Balaban J connectivity index is 2.15. The molecule has 0 spiro atoms. The van der Waals surface area contributed by atoms with Crippen molar-refractivity contribution in [1.82, 2.24) is 4.98 Å². The summed E-state index contributed by atoms with van der Waals surface area (Å²) in [7, 11) is -3.53. The maximum absolute atomic E-state index is 12.0. The van der Waals surface area contributed by atoms with Crippen molar-refractivity contribution in [3.05, 3.63) is 57.8 Å². The molecule has 0 saturated carbocycles. The average Bonchev–Trinajstić information content (AvgIpc) is 2.45. The predicted octanol–water partition coefficient (Wildman–Crippen LogP) is 3.15. The first-order chi connectivity index (χ1) is 10.3. The Morgan fingerprint density at radius 3 is 2.55 bits per heavy atom. The van der Waals surface area contributed by atoms with Gasteiger partial charge in [0.1, 0.15) is 11.8 Å². The van der Waals surface area contributed by atoms with Gasteiger partial charge in [0.25, 0.3) is 0 Å². The molecule has 5 nitrogen and oxygen atoms in total. The highest BCUT2D eigenvalue weighted by Gasteiger charge is 2.16. The second-order valence-electron chi connectivity index (χ2n) is 4.48. The van der Waals surface area contributed by atoms with Crippen LogP contribution in [0.25, 0.3) is 0 Å². The van der Waals surface area contributed by atoms with E-state index in [1.165, 1.54) is 24.4 Å². The van der Waals surface area contributed by atoms with Crippen LogP contribution in [0.3, 0.4) is 0 Å². The number of halogens is 2. The molecule has 1 aromatic heterocycles. The lowest BCUT2D eigenvalue weighted by atomic mass is 10.2. The first-order valence-electron chi connectivity index (χ1n) is 6.04. The second kappa shape index (κ2) is 6.64. The third kappa shape index (κ3) is 4.19. The van der Waals surface area contributed by atoms with Crippen LogP contribution in [0, 0.1) is 0 Å². The molecule has 0 atom stereocenters. The van der Waals surface area contributed by atoms with Crippen LogP contribution in [0.2, 0.25) is 10.2 Å². The average molecular weight is 360 g/mol. The van der Waals surface area contributed by atoms with Gasteiger partial charge in [0.15, 0.2) is 9.84 Å². The molecule has 0 aliphatic carbocycles. The zero-order chi connectivity index (χ0) is 16.3. The van der Waals surface area contributed by atoms with E-state index >= 15 is 0 Å². The van der Waals surface area contributed by atoms with E-state index in [1.54, 1.807) is 12.1 Å². The first kappa shape index (κ1) is 16.7. The molecule has 2 aromatic rings. The van der Waals surface area contributed by atoms with Gasteiger partial charge in [-0.1, -0.05) is 29.3 Å². The van der Waals surface area contributed by atoms with Crippen LogP contribution in [-0.4, -0.2) is 25.6 Å². The minimum absolute atomic E-state index is 0.000162. The Morgan fingerprint density at radius 1 is 1.23 bits per heavy atom. The van der Waals surface area contributed by atoms with Crippen molar-refractivity contribution in [1.29, 1.82) is 0 Å². The largest absolute Gasteiger partial charge is 0.457 e. The summed E-state index contributed by atoms with van der Waals surface area (Å²) in [6, 6.07) is 7.19. The summed E-state index contributed by atoms with van der Waals surface area (Å²) < 4.78 is 28.3. The van der Waals surface area contributed by atoms with E-state index < -0.39 is 15.8 Å². The molecular weight excluding hydrogens is 349 g/mol. The number of nitrogens with zero attached hydrogens (tertiary/aromatic N) is 1. The SMILES string of the molecule is CS(=O)(=O)c1cc(C(=O)OCc2ccc(Cl)nc2)ccc1Cl. The summed E-state index contributed by atoms with van der Waals surface area (Å²) in [5.74, 6) is -0.656. The highest BCUT2D eigenvalue weighted by atomic mass is 35.5. The lowest BCUT2D eigenvalue weighted by Gasteiger charge is -2.07. The molecule has 0 bridgehead atoms. The molecule has 22 heavy (non-hydrogen) atoms. The van der Waals surface area contributed by atoms with Crippen molar-refractivity contribution in [3.8, 4) is 0 Å². The van der Waals surface area contributed by atoms with Crippen molar-refractivity contribution in [2.45, 2.75) is 11.5 Å². The molecular formula is C14H11Cl2NO4S. The number of rotatable bonds is 4. The maximum atomic E-state index is 12.0. The highest BCUT2D eigenvalue weighted by Crippen LogP contribution is 2.23. The van der Waals surface area contributed by atoms with Crippen LogP contribution in [-0.2, 0) is 21.2 Å². The Kier molecular flexibility index (Phi) is 5.05. The number of pyridine rings is 1. The van der Waals surface area contributed by atoms with Crippen molar-refractivity contribution in [3.63, 3.8) is 0 Å². The van der Waals surface area contributed by atoms with Crippen LogP contribution in [0.4, 0.5) is 0 Å². The van der Waals surface area contributed by atoms with E-state index in [-0.39, 0.29) is 22.1 Å². The zero-order valence-electron chi connectivity index (χ0n) is 11.4. The number of hydrogen-bond donors (Lipinski definition) is 0. The zero-order valence-corrected chi connectivity index (χ0v) is 13.7. The van der Waals surface area contributed by atoms with E-state index in [1.807, 2.05) is 0 Å². The molecule has 0 saturated heterocycles. The van der Waals surface area contributed by atoms with E-state index in [2.05, 4.69) is 4.98 Å². The Bertz CT molecular complexity index is 804. The molecule has 0 aliphatic heterocycles. The van der Waals surface area contributed by atoms with Gasteiger partial charge in [-0.3, -0.25) is 0 Å². The number of hydrogen-bond acceptors (Lipinski definition) is 5. The normalized spacial score (nSPS) is 11.2. The monoisotopic (exact) mass is 359 g/mol. The van der Waals surface area contributed by atoms with Crippen LogP contribution in [0.5, 0.6) is 0 Å². The van der Waals surface area contributed by atoms with Gasteiger partial charge in [0, 0.05) is 18.0 Å². The summed E-state index contributed by atoms with van der Waals surface area (Å²) in [5.41, 5.74) is 0.766. The molecule has 0 aliphatic rings. The Hall–Kier alpha value is -1.63. The fourth-order valence-corrected chi connectivity index (χ4v) is 3.05. The number of aromatic nitrogens is 1. The number of benzene rings is 1. The number of carbonyl (C=O) groups excluding carboxylic acids is 1. The number of esters is 1. The molecule has 0 fully saturated rings. The molecule has 0 amide bonds. The highest BCUT2D eigenvalue weighted by molar-refractivity contribution is 7.90. The lowest BCUT2D eigenvalue weighted by Crippen LogP contribution is -2.07. The topological polar surface area (TPSA) is 73.3 Å². The van der Waals surface area contributed by atoms with Crippen LogP contribution in [0.1, 0.15) is 15.9 Å². The molecule has 2 rings (SSSR count). The van der Waals surface area contributed by atoms with Gasteiger partial charge in [-0.2, -0.15) is 0 Å². The van der Waals surface area contributed by atoms with Gasteiger partial charge in [-0.25, -0.2) is 18.2 Å². The molecule has 1 aromatic carbocycles.